The number of hydrogen-bond donors (Lipinski definition) is 2. The lowest BCUT2D eigenvalue weighted by molar-refractivity contribution is 0.269. The molecule has 0 saturated heterocycles. The molecule has 0 aliphatic heterocycles. The van der Waals surface area contributed by atoms with E-state index in [0.717, 1.165) is 15.6 Å². The van der Waals surface area contributed by atoms with Crippen molar-refractivity contribution in [1.82, 2.24) is 14.9 Å². The van der Waals surface area contributed by atoms with Gasteiger partial charge in [-0.2, -0.15) is 5.10 Å². The van der Waals surface area contributed by atoms with Crippen LogP contribution in [0.3, 0.4) is 0 Å². The van der Waals surface area contributed by atoms with Crippen LogP contribution in [0, 0.1) is 6.92 Å². The zero-order valence-corrected chi connectivity index (χ0v) is 18.4. The molecular formula is C19H22BrClN6O2. The second kappa shape index (κ2) is 10.7. The number of nitrogens with two attached hydrogens (primary N) is 1. The fourth-order valence-corrected chi connectivity index (χ4v) is 2.61. The van der Waals surface area contributed by atoms with Gasteiger partial charge in [0.2, 0.25) is 0 Å². The van der Waals surface area contributed by atoms with Crippen LogP contribution in [0.15, 0.2) is 52.0 Å². The summed E-state index contributed by atoms with van der Waals surface area (Å²) < 4.78 is 14.0. The molecule has 3 N–H and O–H groups in total. The first-order valence-corrected chi connectivity index (χ1v) is 9.46. The van der Waals surface area contributed by atoms with Crippen molar-refractivity contribution in [2.45, 2.75) is 20.5 Å². The van der Waals surface area contributed by atoms with E-state index in [-0.39, 0.29) is 12.4 Å². The number of nitrogens with one attached hydrogen (secondary N) is 1. The number of hydrazone groups is 1. The van der Waals surface area contributed by atoms with Gasteiger partial charge >= 0.3 is 0 Å². The molecule has 0 aliphatic carbocycles. The van der Waals surface area contributed by atoms with Crippen molar-refractivity contribution in [3.05, 3.63) is 63.9 Å². The van der Waals surface area contributed by atoms with Crippen molar-refractivity contribution in [3.63, 3.8) is 0 Å². The Morgan fingerprint density at radius 2 is 1.90 bits per heavy atom. The molecule has 2 aromatic carbocycles. The normalized spacial score (nSPS) is 10.6. The summed E-state index contributed by atoms with van der Waals surface area (Å²) in [6.45, 7) is 4.66. The zero-order chi connectivity index (χ0) is 19.9. The number of nitrogen functional groups attached to an aromatic ring is 1. The van der Waals surface area contributed by atoms with Crippen LogP contribution in [-0.2, 0) is 6.61 Å². The highest BCUT2D eigenvalue weighted by atomic mass is 79.9. The van der Waals surface area contributed by atoms with Crippen LogP contribution >= 0.6 is 28.3 Å². The number of ether oxygens (including phenoxy) is 2. The lowest BCUT2D eigenvalue weighted by atomic mass is 10.2. The highest BCUT2D eigenvalue weighted by Crippen LogP contribution is 2.29. The topological polar surface area (TPSA) is 99.6 Å². The van der Waals surface area contributed by atoms with E-state index in [1.54, 1.807) is 13.1 Å². The molecule has 29 heavy (non-hydrogen) atoms. The lowest BCUT2D eigenvalue weighted by Gasteiger charge is -2.12. The minimum absolute atomic E-state index is 0. The fourth-order valence-electron chi connectivity index (χ4n) is 2.34. The minimum atomic E-state index is 0. The molecule has 0 fully saturated rings. The molecule has 0 spiro atoms. The smallest absolute Gasteiger partial charge is 0.263 e. The van der Waals surface area contributed by atoms with E-state index in [1.807, 2.05) is 49.4 Å². The van der Waals surface area contributed by atoms with Gasteiger partial charge in [-0.15, -0.1) is 22.6 Å². The van der Waals surface area contributed by atoms with Crippen LogP contribution in [0.5, 0.6) is 11.5 Å². The first-order chi connectivity index (χ1) is 13.6. The highest BCUT2D eigenvalue weighted by molar-refractivity contribution is 9.10. The second-order valence-corrected chi connectivity index (χ2v) is 6.78. The van der Waals surface area contributed by atoms with Gasteiger partial charge in [-0.25, -0.2) is 10.1 Å². The summed E-state index contributed by atoms with van der Waals surface area (Å²) >= 11 is 3.43. The van der Waals surface area contributed by atoms with E-state index >= 15 is 0 Å². The van der Waals surface area contributed by atoms with Crippen LogP contribution in [0.4, 0.5) is 5.95 Å². The summed E-state index contributed by atoms with van der Waals surface area (Å²) in [4.78, 5) is 0. The summed E-state index contributed by atoms with van der Waals surface area (Å²) in [7, 11) is 0. The van der Waals surface area contributed by atoms with Gasteiger partial charge in [0.25, 0.3) is 5.95 Å². The van der Waals surface area contributed by atoms with Crippen molar-refractivity contribution in [3.8, 4) is 11.5 Å². The van der Waals surface area contributed by atoms with Crippen LogP contribution in [-0.4, -0.2) is 27.7 Å². The summed E-state index contributed by atoms with van der Waals surface area (Å²) in [5, 5.41) is 11.9. The minimum Gasteiger partial charge on any atom is -0.490 e. The molecule has 154 valence electrons. The standard InChI is InChI=1S/C19H21BrN6O2.ClH/c1-3-27-18-10-15(11-22-24-19-25-23-13(2)26(19)21)6-9-17(18)28-12-14-4-7-16(20)8-5-14;/h4-11H,3,12,21H2,1-2H3,(H,24,25);1H. The van der Waals surface area contributed by atoms with Crippen molar-refractivity contribution < 1.29 is 9.47 Å². The van der Waals surface area contributed by atoms with Gasteiger partial charge in [0.1, 0.15) is 6.61 Å². The highest BCUT2D eigenvalue weighted by Gasteiger charge is 2.07. The predicted octanol–water partition coefficient (Wildman–Crippen LogP) is 3.91. The van der Waals surface area contributed by atoms with E-state index in [4.69, 9.17) is 15.3 Å². The molecule has 0 radical (unpaired) electrons. The lowest BCUT2D eigenvalue weighted by Crippen LogP contribution is -2.13. The number of aryl methyl sites for hydroxylation is 1. The molecule has 0 unspecified atom stereocenters. The molecule has 3 rings (SSSR count). The van der Waals surface area contributed by atoms with E-state index in [1.165, 1.54) is 4.68 Å². The third-order valence-electron chi connectivity index (χ3n) is 3.82. The number of rotatable bonds is 8. The number of benzene rings is 2. The Morgan fingerprint density at radius 3 is 2.55 bits per heavy atom. The van der Waals surface area contributed by atoms with Crippen molar-refractivity contribution >= 4 is 40.5 Å². The van der Waals surface area contributed by atoms with E-state index < -0.39 is 0 Å². The van der Waals surface area contributed by atoms with Gasteiger partial charge in [-0.1, -0.05) is 28.1 Å². The number of anilines is 1. The molecule has 1 heterocycles. The molecule has 3 aromatic rings. The Morgan fingerprint density at radius 1 is 1.14 bits per heavy atom. The summed E-state index contributed by atoms with van der Waals surface area (Å²) in [6, 6.07) is 13.6. The van der Waals surface area contributed by atoms with E-state index in [9.17, 15) is 0 Å². The Labute approximate surface area is 183 Å². The monoisotopic (exact) mass is 480 g/mol. The summed E-state index contributed by atoms with van der Waals surface area (Å²) in [5.41, 5.74) is 4.67. The molecular weight excluding hydrogens is 460 g/mol. The first-order valence-electron chi connectivity index (χ1n) is 8.67. The molecule has 10 heteroatoms. The van der Waals surface area contributed by atoms with Gasteiger partial charge < -0.3 is 15.3 Å². The molecule has 1 aromatic heterocycles. The van der Waals surface area contributed by atoms with Gasteiger partial charge in [0, 0.05) is 4.47 Å². The molecule has 0 saturated carbocycles. The van der Waals surface area contributed by atoms with Crippen LogP contribution in [0.1, 0.15) is 23.9 Å². The van der Waals surface area contributed by atoms with Crippen molar-refractivity contribution in [1.29, 1.82) is 0 Å². The number of aromatic nitrogens is 3. The zero-order valence-electron chi connectivity index (χ0n) is 16.0. The molecule has 0 atom stereocenters. The third-order valence-corrected chi connectivity index (χ3v) is 4.35. The van der Waals surface area contributed by atoms with E-state index in [0.29, 0.717) is 36.5 Å². The number of halogens is 2. The van der Waals surface area contributed by atoms with Crippen LogP contribution in [0.2, 0.25) is 0 Å². The van der Waals surface area contributed by atoms with Gasteiger partial charge in [0.15, 0.2) is 17.3 Å². The Balaban J connectivity index is 0.00000300. The van der Waals surface area contributed by atoms with E-state index in [2.05, 4.69) is 36.7 Å². The van der Waals surface area contributed by atoms with Crippen LogP contribution < -0.4 is 20.7 Å². The van der Waals surface area contributed by atoms with Gasteiger partial charge in [-0.3, -0.25) is 0 Å². The predicted molar refractivity (Wildman–Crippen MR) is 119 cm³/mol. The fraction of sp³-hybridized carbons (Fsp3) is 0.211. The Hall–Kier alpha value is -2.78. The van der Waals surface area contributed by atoms with Gasteiger partial charge in [-0.05, 0) is 55.3 Å². The quantitative estimate of drug-likeness (QED) is 0.287. The Kier molecular flexibility index (Phi) is 8.29. The molecule has 0 bridgehead atoms. The van der Waals surface area contributed by atoms with Gasteiger partial charge in [0.05, 0.1) is 12.8 Å². The maximum absolute atomic E-state index is 5.92. The number of hydrogen-bond acceptors (Lipinski definition) is 7. The average molecular weight is 482 g/mol. The summed E-state index contributed by atoms with van der Waals surface area (Å²) in [6.07, 6.45) is 1.64. The second-order valence-electron chi connectivity index (χ2n) is 5.87. The third kappa shape index (κ3) is 6.10. The molecule has 8 nitrogen and oxygen atoms in total. The Bertz CT molecular complexity index is 962. The van der Waals surface area contributed by atoms with Crippen molar-refractivity contribution in [2.24, 2.45) is 5.10 Å². The first kappa shape index (κ1) is 22.5. The van der Waals surface area contributed by atoms with Crippen LogP contribution in [0.25, 0.3) is 0 Å². The molecule has 0 amide bonds. The van der Waals surface area contributed by atoms with Crippen molar-refractivity contribution in [2.75, 3.05) is 17.9 Å². The summed E-state index contributed by atoms with van der Waals surface area (Å²) in [5.74, 6) is 8.04. The maximum Gasteiger partial charge on any atom is 0.263 e. The SMILES string of the molecule is CCOc1cc(C=NNc2nnc(C)n2N)ccc1OCc1ccc(Br)cc1.Cl. The largest absolute Gasteiger partial charge is 0.490 e. The molecule has 0 aliphatic rings. The maximum atomic E-state index is 5.92. The number of nitrogens with zero attached hydrogens (tertiary/aromatic N) is 4. The average Bonchev–Trinajstić information content (AvgIpc) is 3.01.